The molecule has 1 aliphatic carbocycles. The fourth-order valence-electron chi connectivity index (χ4n) is 4.09. The lowest BCUT2D eigenvalue weighted by molar-refractivity contribution is -0.123. The van der Waals surface area contributed by atoms with Gasteiger partial charge in [0.1, 0.15) is 5.58 Å². The minimum absolute atomic E-state index is 0.0182. The predicted molar refractivity (Wildman–Crippen MR) is 99.5 cm³/mol. The van der Waals surface area contributed by atoms with Crippen LogP contribution in [0.3, 0.4) is 0 Å². The minimum atomic E-state index is -0.356. The van der Waals surface area contributed by atoms with Crippen LogP contribution in [-0.4, -0.2) is 31.2 Å². The topological polar surface area (TPSA) is 80.6 Å². The van der Waals surface area contributed by atoms with E-state index in [2.05, 4.69) is 10.6 Å². The number of morpholine rings is 1. The molecular weight excluding hydrogens is 332 g/mol. The summed E-state index contributed by atoms with van der Waals surface area (Å²) in [4.78, 5) is 24.4. The van der Waals surface area contributed by atoms with Gasteiger partial charge in [0.15, 0.2) is 0 Å². The van der Waals surface area contributed by atoms with E-state index in [4.69, 9.17) is 9.15 Å². The molecule has 26 heavy (non-hydrogen) atoms. The molecule has 1 aliphatic heterocycles. The third-order valence-electron chi connectivity index (χ3n) is 5.55. The second kappa shape index (κ2) is 6.85. The number of nitrogens with one attached hydrogen (secondary N) is 2. The van der Waals surface area contributed by atoms with Crippen LogP contribution in [0.2, 0.25) is 0 Å². The Hall–Kier alpha value is -2.18. The number of anilines is 1. The second-order valence-electron chi connectivity index (χ2n) is 7.38. The van der Waals surface area contributed by atoms with Gasteiger partial charge in [0.2, 0.25) is 5.91 Å². The molecule has 6 nitrogen and oxygen atoms in total. The molecule has 1 saturated carbocycles. The Morgan fingerprint density at radius 3 is 2.88 bits per heavy atom. The van der Waals surface area contributed by atoms with Gasteiger partial charge in [-0.1, -0.05) is 0 Å². The van der Waals surface area contributed by atoms with E-state index in [0.717, 1.165) is 54.6 Å². The van der Waals surface area contributed by atoms with Crippen molar-refractivity contribution in [3.05, 3.63) is 39.7 Å². The molecule has 6 heteroatoms. The first-order valence-electron chi connectivity index (χ1n) is 9.22. The predicted octanol–water partition coefficient (Wildman–Crippen LogP) is 2.51. The van der Waals surface area contributed by atoms with Gasteiger partial charge in [0, 0.05) is 35.6 Å². The van der Waals surface area contributed by atoms with Crippen LogP contribution in [0.15, 0.2) is 27.4 Å². The van der Waals surface area contributed by atoms with Crippen molar-refractivity contribution in [1.29, 1.82) is 0 Å². The quantitative estimate of drug-likeness (QED) is 0.808. The average molecular weight is 356 g/mol. The number of carbonyl (C=O) groups excluding carboxylic acids is 1. The van der Waals surface area contributed by atoms with Gasteiger partial charge in [0.05, 0.1) is 12.7 Å². The van der Waals surface area contributed by atoms with Crippen LogP contribution < -0.4 is 16.3 Å². The number of benzene rings is 1. The first kappa shape index (κ1) is 17.2. The summed E-state index contributed by atoms with van der Waals surface area (Å²) in [6, 6.07) is 5.45. The molecule has 2 aromatic rings. The van der Waals surface area contributed by atoms with Crippen molar-refractivity contribution >= 4 is 22.6 Å². The van der Waals surface area contributed by atoms with E-state index < -0.39 is 0 Å². The molecule has 0 bridgehead atoms. The van der Waals surface area contributed by atoms with Crippen molar-refractivity contribution in [2.75, 3.05) is 18.5 Å². The molecule has 0 radical (unpaired) electrons. The monoisotopic (exact) mass is 356 g/mol. The Morgan fingerprint density at radius 2 is 2.04 bits per heavy atom. The summed E-state index contributed by atoms with van der Waals surface area (Å²) in [6.45, 7) is 5.38. The van der Waals surface area contributed by atoms with Crippen molar-refractivity contribution in [2.45, 2.75) is 45.3 Å². The highest BCUT2D eigenvalue weighted by Crippen LogP contribution is 2.30. The molecule has 138 valence electrons. The van der Waals surface area contributed by atoms with E-state index in [1.54, 1.807) is 0 Å². The molecule has 2 fully saturated rings. The minimum Gasteiger partial charge on any atom is -0.423 e. The smallest absolute Gasteiger partial charge is 0.336 e. The molecule has 2 N–H and O–H groups in total. The highest BCUT2D eigenvalue weighted by Gasteiger charge is 2.35. The number of ether oxygens (including phenoxy) is 1. The zero-order valence-corrected chi connectivity index (χ0v) is 15.1. The van der Waals surface area contributed by atoms with Crippen molar-refractivity contribution in [2.24, 2.45) is 5.92 Å². The van der Waals surface area contributed by atoms with Crippen LogP contribution in [0.5, 0.6) is 0 Å². The molecular formula is C20H24N2O4. The molecule has 2 heterocycles. The maximum atomic E-state index is 12.8. The van der Waals surface area contributed by atoms with Crippen LogP contribution >= 0.6 is 0 Å². The fraction of sp³-hybridized carbons (Fsp3) is 0.500. The van der Waals surface area contributed by atoms with E-state index in [9.17, 15) is 9.59 Å². The SMILES string of the molecule is Cc1cc2oc(=O)cc(C)c2cc1NC(=O)[C@H]1CC[C@H]2OCCN[C@@H]2C1. The molecule has 0 spiro atoms. The molecule has 1 saturated heterocycles. The second-order valence-corrected chi connectivity index (χ2v) is 7.38. The van der Waals surface area contributed by atoms with Crippen LogP contribution in [-0.2, 0) is 9.53 Å². The number of aryl methyl sites for hydroxylation is 2. The number of amides is 1. The number of fused-ring (bicyclic) bond motifs is 2. The Balaban J connectivity index is 1.54. The average Bonchev–Trinajstić information content (AvgIpc) is 2.62. The van der Waals surface area contributed by atoms with E-state index in [1.807, 2.05) is 26.0 Å². The van der Waals surface area contributed by atoms with Crippen LogP contribution in [0.1, 0.15) is 30.4 Å². The number of hydrogen-bond acceptors (Lipinski definition) is 5. The molecule has 3 atom stereocenters. The van der Waals surface area contributed by atoms with E-state index in [-0.39, 0.29) is 29.6 Å². The third kappa shape index (κ3) is 3.27. The van der Waals surface area contributed by atoms with Crippen LogP contribution in [0.25, 0.3) is 11.0 Å². The normalized spacial score (nSPS) is 25.7. The fourth-order valence-corrected chi connectivity index (χ4v) is 4.09. The Morgan fingerprint density at radius 1 is 1.19 bits per heavy atom. The summed E-state index contributed by atoms with van der Waals surface area (Å²) in [5, 5.41) is 7.40. The Bertz CT molecular complexity index is 905. The van der Waals surface area contributed by atoms with Crippen LogP contribution in [0.4, 0.5) is 5.69 Å². The van der Waals surface area contributed by atoms with E-state index in [1.165, 1.54) is 6.07 Å². The summed E-state index contributed by atoms with van der Waals surface area (Å²) in [7, 11) is 0. The largest absolute Gasteiger partial charge is 0.423 e. The van der Waals surface area contributed by atoms with E-state index in [0.29, 0.717) is 5.58 Å². The zero-order valence-electron chi connectivity index (χ0n) is 15.1. The number of rotatable bonds is 2. The maximum Gasteiger partial charge on any atom is 0.336 e. The van der Waals surface area contributed by atoms with Gasteiger partial charge in [-0.3, -0.25) is 4.79 Å². The molecule has 0 unspecified atom stereocenters. The van der Waals surface area contributed by atoms with Crippen molar-refractivity contribution < 1.29 is 13.9 Å². The van der Waals surface area contributed by atoms with Gasteiger partial charge < -0.3 is 19.8 Å². The summed E-state index contributed by atoms with van der Waals surface area (Å²) in [5.74, 6) is 0.0312. The lowest BCUT2D eigenvalue weighted by atomic mass is 9.82. The zero-order chi connectivity index (χ0) is 18.3. The van der Waals surface area contributed by atoms with Gasteiger partial charge >= 0.3 is 5.63 Å². The van der Waals surface area contributed by atoms with Gasteiger partial charge in [-0.05, 0) is 56.4 Å². The molecule has 1 aromatic carbocycles. The van der Waals surface area contributed by atoms with E-state index >= 15 is 0 Å². The van der Waals surface area contributed by atoms with Gasteiger partial charge in [-0.15, -0.1) is 0 Å². The molecule has 1 aromatic heterocycles. The standard InChI is InChI=1S/C20H24N2O4/c1-11-8-19(23)26-18-7-12(2)15(10-14(11)18)22-20(24)13-3-4-17-16(9-13)21-5-6-25-17/h7-8,10,13,16-17,21H,3-6,9H2,1-2H3,(H,22,24)/t13-,16+,17+/m0/s1. The van der Waals surface area contributed by atoms with Crippen molar-refractivity contribution in [3.8, 4) is 0 Å². The highest BCUT2D eigenvalue weighted by atomic mass is 16.5. The maximum absolute atomic E-state index is 12.8. The molecule has 2 aliphatic rings. The van der Waals surface area contributed by atoms with Crippen molar-refractivity contribution in [1.82, 2.24) is 5.32 Å². The number of hydrogen-bond donors (Lipinski definition) is 2. The molecule has 1 amide bonds. The summed E-state index contributed by atoms with van der Waals surface area (Å²) >= 11 is 0. The van der Waals surface area contributed by atoms with Gasteiger partial charge in [-0.25, -0.2) is 4.79 Å². The first-order valence-corrected chi connectivity index (χ1v) is 9.22. The molecule has 4 rings (SSSR count). The Kier molecular flexibility index (Phi) is 4.54. The summed E-state index contributed by atoms with van der Waals surface area (Å²) in [6.07, 6.45) is 2.80. The van der Waals surface area contributed by atoms with Crippen molar-refractivity contribution in [3.63, 3.8) is 0 Å². The highest BCUT2D eigenvalue weighted by molar-refractivity contribution is 5.96. The summed E-state index contributed by atoms with van der Waals surface area (Å²) in [5.41, 5.74) is 2.69. The number of carbonyl (C=O) groups is 1. The summed E-state index contributed by atoms with van der Waals surface area (Å²) < 4.78 is 11.1. The van der Waals surface area contributed by atoms with Gasteiger partial charge in [0.25, 0.3) is 0 Å². The lowest BCUT2D eigenvalue weighted by Gasteiger charge is -2.39. The third-order valence-corrected chi connectivity index (χ3v) is 5.55. The first-order chi connectivity index (χ1) is 12.5. The lowest BCUT2D eigenvalue weighted by Crippen LogP contribution is -2.52. The van der Waals surface area contributed by atoms with Crippen LogP contribution in [0, 0.1) is 19.8 Å². The Labute approximate surface area is 151 Å². The van der Waals surface area contributed by atoms with Gasteiger partial charge in [-0.2, -0.15) is 0 Å².